The fourth-order valence-corrected chi connectivity index (χ4v) is 4.68. The molecule has 0 saturated heterocycles. The molecule has 1 N–H and O–H groups in total. The summed E-state index contributed by atoms with van der Waals surface area (Å²) in [5.41, 5.74) is 2.33. The zero-order valence-electron chi connectivity index (χ0n) is 19.0. The molecule has 174 valence electrons. The summed E-state index contributed by atoms with van der Waals surface area (Å²) in [5.74, 6) is -0.829. The number of ether oxygens (including phenoxy) is 1. The maximum atomic E-state index is 13.3. The van der Waals surface area contributed by atoms with Crippen molar-refractivity contribution in [3.8, 4) is 11.1 Å². The Hall–Kier alpha value is -3.78. The number of carbonyl (C=O) groups is 2. The zero-order chi connectivity index (χ0) is 24.1. The third-order valence-electron chi connectivity index (χ3n) is 5.34. The molecule has 0 bridgehead atoms. The number of nitrogens with zero attached hydrogens (tertiary/aromatic N) is 2. The second kappa shape index (κ2) is 10.4. The fraction of sp³-hybridized carbons (Fsp3) is 0.231. The molecule has 2 aromatic heterocycles. The van der Waals surface area contributed by atoms with Crippen LogP contribution < -0.4 is 10.9 Å². The Bertz CT molecular complexity index is 1390. The molecule has 8 heteroatoms. The van der Waals surface area contributed by atoms with Crippen LogP contribution in [-0.2, 0) is 16.1 Å². The highest BCUT2D eigenvalue weighted by atomic mass is 32.1. The van der Waals surface area contributed by atoms with Crippen LogP contribution in [0.4, 0.5) is 5.69 Å². The first-order valence-corrected chi connectivity index (χ1v) is 11.9. The molecule has 0 spiro atoms. The van der Waals surface area contributed by atoms with E-state index in [1.807, 2.05) is 44.2 Å². The maximum absolute atomic E-state index is 13.3. The lowest BCUT2D eigenvalue weighted by atomic mass is 10.0. The van der Waals surface area contributed by atoms with Gasteiger partial charge in [-0.3, -0.25) is 14.2 Å². The van der Waals surface area contributed by atoms with Gasteiger partial charge in [0.15, 0.2) is 0 Å². The van der Waals surface area contributed by atoms with E-state index in [0.29, 0.717) is 28.1 Å². The predicted octanol–water partition coefficient (Wildman–Crippen LogP) is 5.03. The number of benzene rings is 2. The third kappa shape index (κ3) is 5.07. The highest BCUT2D eigenvalue weighted by Gasteiger charge is 2.18. The Morgan fingerprint density at radius 3 is 2.68 bits per heavy atom. The van der Waals surface area contributed by atoms with Gasteiger partial charge in [-0.2, -0.15) is 0 Å². The lowest BCUT2D eigenvalue weighted by Crippen LogP contribution is -2.27. The highest BCUT2D eigenvalue weighted by molar-refractivity contribution is 7.19. The van der Waals surface area contributed by atoms with Crippen LogP contribution in [0.25, 0.3) is 21.3 Å². The van der Waals surface area contributed by atoms with Crippen LogP contribution in [-0.4, -0.2) is 28.0 Å². The van der Waals surface area contributed by atoms with Crippen LogP contribution in [0.3, 0.4) is 0 Å². The third-order valence-corrected chi connectivity index (χ3v) is 6.36. The van der Waals surface area contributed by atoms with Crippen LogP contribution in [0, 0.1) is 6.92 Å². The van der Waals surface area contributed by atoms with Crippen molar-refractivity contribution in [1.82, 2.24) is 9.55 Å². The van der Waals surface area contributed by atoms with E-state index in [2.05, 4.69) is 10.3 Å². The maximum Gasteiger partial charge on any atom is 0.338 e. The summed E-state index contributed by atoms with van der Waals surface area (Å²) in [5, 5.41) is 3.26. The number of nitrogens with one attached hydrogen (secondary N) is 1. The topological polar surface area (TPSA) is 90.3 Å². The minimum absolute atomic E-state index is 0.198. The van der Waals surface area contributed by atoms with E-state index in [1.54, 1.807) is 24.3 Å². The molecule has 2 aromatic carbocycles. The average molecular weight is 476 g/mol. The Kier molecular flexibility index (Phi) is 7.18. The minimum Gasteiger partial charge on any atom is -0.462 e. The van der Waals surface area contributed by atoms with Crippen LogP contribution in [0.2, 0.25) is 0 Å². The summed E-state index contributed by atoms with van der Waals surface area (Å²) >= 11 is 1.46. The summed E-state index contributed by atoms with van der Waals surface area (Å²) in [7, 11) is 0. The average Bonchev–Trinajstić information content (AvgIpc) is 3.18. The molecule has 0 aliphatic heterocycles. The monoisotopic (exact) mass is 475 g/mol. The van der Waals surface area contributed by atoms with Crippen molar-refractivity contribution in [2.75, 3.05) is 11.9 Å². The van der Waals surface area contributed by atoms with E-state index in [0.717, 1.165) is 28.8 Å². The molecule has 1 amide bonds. The summed E-state index contributed by atoms with van der Waals surface area (Å²) < 4.78 is 6.53. The summed E-state index contributed by atoms with van der Waals surface area (Å²) in [6.07, 6.45) is 3.13. The van der Waals surface area contributed by atoms with Gasteiger partial charge in [-0.05, 0) is 37.1 Å². The highest BCUT2D eigenvalue weighted by Crippen LogP contribution is 2.35. The van der Waals surface area contributed by atoms with Crippen LogP contribution in [0.15, 0.2) is 65.7 Å². The molecule has 0 aliphatic carbocycles. The van der Waals surface area contributed by atoms with E-state index in [-0.39, 0.29) is 12.1 Å². The van der Waals surface area contributed by atoms with E-state index < -0.39 is 11.9 Å². The fourth-order valence-electron chi connectivity index (χ4n) is 3.67. The lowest BCUT2D eigenvalue weighted by molar-refractivity contribution is -0.116. The molecule has 34 heavy (non-hydrogen) atoms. The van der Waals surface area contributed by atoms with Crippen LogP contribution in [0.5, 0.6) is 0 Å². The zero-order valence-corrected chi connectivity index (χ0v) is 19.9. The number of thiophene rings is 1. The van der Waals surface area contributed by atoms with Gasteiger partial charge in [-0.1, -0.05) is 49.7 Å². The lowest BCUT2D eigenvalue weighted by Gasteiger charge is -2.09. The first kappa shape index (κ1) is 23.4. The number of anilines is 1. The summed E-state index contributed by atoms with van der Waals surface area (Å²) in [6.45, 7) is 4.14. The van der Waals surface area contributed by atoms with Gasteiger partial charge in [0.05, 0.1) is 23.9 Å². The number of fused-ring (bicyclic) bond motifs is 1. The number of amides is 1. The normalized spacial score (nSPS) is 10.9. The standard InChI is InChI=1S/C26H25N3O4S/c1-3-4-13-33-26(32)19-11-8-12-20(14-19)28-21(30)15-29-16-27-24-23(25(29)31)22(17(2)34-24)18-9-6-5-7-10-18/h5-12,14,16H,3-4,13,15H2,1-2H3,(H,28,30). The van der Waals surface area contributed by atoms with Crippen molar-refractivity contribution < 1.29 is 14.3 Å². The molecular weight excluding hydrogens is 450 g/mol. The van der Waals surface area contributed by atoms with E-state index in [9.17, 15) is 14.4 Å². The van der Waals surface area contributed by atoms with Gasteiger partial charge in [0.25, 0.3) is 5.56 Å². The number of aryl methyl sites for hydroxylation is 1. The molecule has 0 saturated carbocycles. The number of hydrogen-bond donors (Lipinski definition) is 1. The molecule has 0 radical (unpaired) electrons. The Balaban J connectivity index is 1.54. The Labute approximate surface area is 201 Å². The number of carbonyl (C=O) groups excluding carboxylic acids is 2. The van der Waals surface area contributed by atoms with Gasteiger partial charge in [-0.15, -0.1) is 11.3 Å². The van der Waals surface area contributed by atoms with E-state index >= 15 is 0 Å². The van der Waals surface area contributed by atoms with Crippen LogP contribution in [0.1, 0.15) is 35.0 Å². The SMILES string of the molecule is CCCCOC(=O)c1cccc(NC(=O)Cn2cnc3sc(C)c(-c4ccccc4)c3c2=O)c1. The van der Waals surface area contributed by atoms with Crippen molar-refractivity contribution in [1.29, 1.82) is 0 Å². The van der Waals surface area contributed by atoms with Crippen LogP contribution >= 0.6 is 11.3 Å². The quantitative estimate of drug-likeness (QED) is 0.285. The van der Waals surface area contributed by atoms with Crippen molar-refractivity contribution >= 4 is 39.1 Å². The van der Waals surface area contributed by atoms with Gasteiger partial charge < -0.3 is 10.1 Å². The molecule has 0 atom stereocenters. The van der Waals surface area contributed by atoms with Gasteiger partial charge in [0.1, 0.15) is 11.4 Å². The number of rotatable bonds is 8. The molecule has 2 heterocycles. The van der Waals surface area contributed by atoms with Crippen molar-refractivity contribution in [3.05, 3.63) is 81.7 Å². The first-order chi connectivity index (χ1) is 16.5. The molecule has 7 nitrogen and oxygen atoms in total. The van der Waals surface area contributed by atoms with Crippen molar-refractivity contribution in [2.24, 2.45) is 0 Å². The van der Waals surface area contributed by atoms with E-state index in [4.69, 9.17) is 4.74 Å². The number of aromatic nitrogens is 2. The molecular formula is C26H25N3O4S. The predicted molar refractivity (Wildman–Crippen MR) is 134 cm³/mol. The molecule has 4 aromatic rings. The molecule has 0 unspecified atom stereocenters. The second-order valence-corrected chi connectivity index (χ2v) is 9.08. The van der Waals surface area contributed by atoms with Crippen molar-refractivity contribution in [2.45, 2.75) is 33.2 Å². The number of unbranched alkanes of at least 4 members (excludes halogenated alkanes) is 1. The van der Waals surface area contributed by atoms with Gasteiger partial charge in [-0.25, -0.2) is 9.78 Å². The molecule has 0 fully saturated rings. The second-order valence-electron chi connectivity index (χ2n) is 7.88. The Morgan fingerprint density at radius 2 is 1.91 bits per heavy atom. The Morgan fingerprint density at radius 1 is 1.12 bits per heavy atom. The number of esters is 1. The molecule has 4 rings (SSSR count). The minimum atomic E-state index is -0.434. The summed E-state index contributed by atoms with van der Waals surface area (Å²) in [6, 6.07) is 16.2. The number of hydrogen-bond acceptors (Lipinski definition) is 6. The van der Waals surface area contributed by atoms with E-state index in [1.165, 1.54) is 22.2 Å². The van der Waals surface area contributed by atoms with Gasteiger partial charge in [0, 0.05) is 16.1 Å². The first-order valence-electron chi connectivity index (χ1n) is 11.1. The smallest absolute Gasteiger partial charge is 0.338 e. The largest absolute Gasteiger partial charge is 0.462 e. The van der Waals surface area contributed by atoms with Gasteiger partial charge >= 0.3 is 5.97 Å². The van der Waals surface area contributed by atoms with Crippen molar-refractivity contribution in [3.63, 3.8) is 0 Å². The molecule has 0 aliphatic rings. The van der Waals surface area contributed by atoms with Gasteiger partial charge in [0.2, 0.25) is 5.91 Å². The summed E-state index contributed by atoms with van der Waals surface area (Å²) in [4.78, 5) is 44.2.